The number of aromatic nitrogens is 1. The van der Waals surface area contributed by atoms with Gasteiger partial charge >= 0.3 is 5.97 Å². The second-order valence-corrected chi connectivity index (χ2v) is 3.75. The molecule has 0 amide bonds. The number of nitrogens with one attached hydrogen (secondary N) is 1. The summed E-state index contributed by atoms with van der Waals surface area (Å²) < 4.78 is 0. The second-order valence-electron chi connectivity index (χ2n) is 3.75. The number of carboxylic acid groups (broad SMARTS) is 1. The van der Waals surface area contributed by atoms with Gasteiger partial charge in [-0.05, 0) is 18.1 Å². The van der Waals surface area contributed by atoms with Crippen molar-refractivity contribution in [3.8, 4) is 6.07 Å². The van der Waals surface area contributed by atoms with Gasteiger partial charge in [0.15, 0.2) is 0 Å². The molecular weight excluding hydrogens is 206 g/mol. The van der Waals surface area contributed by atoms with Crippen LogP contribution in [-0.2, 0) is 4.79 Å². The number of hydrogen-bond acceptors (Lipinski definition) is 4. The van der Waals surface area contributed by atoms with Crippen LogP contribution in [0.25, 0.3) is 0 Å². The first-order valence-corrected chi connectivity index (χ1v) is 4.90. The van der Waals surface area contributed by atoms with Gasteiger partial charge in [-0.3, -0.25) is 0 Å². The summed E-state index contributed by atoms with van der Waals surface area (Å²) in [7, 11) is 0. The monoisotopic (exact) mass is 219 g/mol. The Bertz CT molecular complexity index is 406. The van der Waals surface area contributed by atoms with Gasteiger partial charge in [0.25, 0.3) is 0 Å². The van der Waals surface area contributed by atoms with Crippen molar-refractivity contribution in [3.63, 3.8) is 0 Å². The Labute approximate surface area is 93.7 Å². The zero-order chi connectivity index (χ0) is 12.1. The molecule has 5 heteroatoms. The molecule has 0 aromatic carbocycles. The van der Waals surface area contributed by atoms with E-state index in [1.54, 1.807) is 12.1 Å². The van der Waals surface area contributed by atoms with E-state index in [0.717, 1.165) is 0 Å². The van der Waals surface area contributed by atoms with Crippen molar-refractivity contribution in [1.82, 2.24) is 4.98 Å². The molecule has 0 bridgehead atoms. The molecule has 1 aromatic rings. The number of hydrogen-bond donors (Lipinski definition) is 2. The van der Waals surface area contributed by atoms with Gasteiger partial charge in [-0.15, -0.1) is 0 Å². The Balaban J connectivity index is 2.78. The van der Waals surface area contributed by atoms with Crippen molar-refractivity contribution in [2.45, 2.75) is 19.9 Å². The van der Waals surface area contributed by atoms with Gasteiger partial charge < -0.3 is 10.4 Å². The largest absolute Gasteiger partial charge is 0.480 e. The molecule has 1 atom stereocenters. The number of anilines is 1. The highest BCUT2D eigenvalue weighted by molar-refractivity contribution is 5.77. The molecule has 0 aliphatic carbocycles. The molecule has 2 N–H and O–H groups in total. The number of carboxylic acids is 1. The first kappa shape index (κ1) is 12.0. The molecule has 0 spiro atoms. The van der Waals surface area contributed by atoms with Gasteiger partial charge in [-0.2, -0.15) is 5.26 Å². The fraction of sp³-hybridized carbons (Fsp3) is 0.364. The minimum absolute atomic E-state index is 0.0341. The lowest BCUT2D eigenvalue weighted by atomic mass is 10.0. The Morgan fingerprint density at radius 2 is 2.25 bits per heavy atom. The predicted molar refractivity (Wildman–Crippen MR) is 58.8 cm³/mol. The molecule has 0 fully saturated rings. The number of aliphatic carboxylic acids is 1. The fourth-order valence-corrected chi connectivity index (χ4v) is 1.24. The molecule has 0 saturated heterocycles. The van der Waals surface area contributed by atoms with Gasteiger partial charge in [-0.1, -0.05) is 13.8 Å². The lowest BCUT2D eigenvalue weighted by Crippen LogP contribution is -2.34. The predicted octanol–water partition coefficient (Wildman–Crippen LogP) is 1.47. The lowest BCUT2D eigenvalue weighted by molar-refractivity contribution is -0.138. The number of carbonyl (C=O) groups is 1. The van der Waals surface area contributed by atoms with Crippen molar-refractivity contribution < 1.29 is 9.90 Å². The normalized spacial score (nSPS) is 11.9. The summed E-state index contributed by atoms with van der Waals surface area (Å²) >= 11 is 0. The van der Waals surface area contributed by atoms with Crippen LogP contribution in [0.5, 0.6) is 0 Å². The smallest absolute Gasteiger partial charge is 0.326 e. The summed E-state index contributed by atoms with van der Waals surface area (Å²) in [5.41, 5.74) is 0.905. The van der Waals surface area contributed by atoms with Gasteiger partial charge in [0.1, 0.15) is 17.8 Å². The number of nitriles is 1. The molecule has 1 aromatic heterocycles. The molecule has 0 aliphatic heterocycles. The van der Waals surface area contributed by atoms with Crippen molar-refractivity contribution in [3.05, 3.63) is 24.0 Å². The number of pyridine rings is 1. The van der Waals surface area contributed by atoms with E-state index in [-0.39, 0.29) is 5.92 Å². The SMILES string of the molecule is CC(C)C(Nc1ccc(C#N)nc1)C(=O)O. The van der Waals surface area contributed by atoms with Crippen LogP contribution in [0.15, 0.2) is 18.3 Å². The van der Waals surface area contributed by atoms with Gasteiger partial charge in [0.2, 0.25) is 0 Å². The topological polar surface area (TPSA) is 86.0 Å². The summed E-state index contributed by atoms with van der Waals surface area (Å²) in [6.45, 7) is 3.64. The highest BCUT2D eigenvalue weighted by Gasteiger charge is 2.20. The maximum absolute atomic E-state index is 10.9. The average Bonchev–Trinajstić information content (AvgIpc) is 2.25. The van der Waals surface area contributed by atoms with E-state index in [0.29, 0.717) is 11.4 Å². The van der Waals surface area contributed by atoms with Crippen molar-refractivity contribution in [2.75, 3.05) is 5.32 Å². The Kier molecular flexibility index (Phi) is 3.84. The van der Waals surface area contributed by atoms with Crippen molar-refractivity contribution >= 4 is 11.7 Å². The summed E-state index contributed by atoms with van der Waals surface area (Å²) in [5.74, 6) is -0.937. The van der Waals surface area contributed by atoms with Crippen LogP contribution in [0.2, 0.25) is 0 Å². The van der Waals surface area contributed by atoms with Crippen LogP contribution in [0.1, 0.15) is 19.5 Å². The minimum atomic E-state index is -0.903. The third-order valence-electron chi connectivity index (χ3n) is 2.13. The molecule has 0 radical (unpaired) electrons. The quantitative estimate of drug-likeness (QED) is 0.800. The number of rotatable bonds is 4. The number of nitrogens with zero attached hydrogens (tertiary/aromatic N) is 2. The first-order chi connectivity index (χ1) is 7.54. The van der Waals surface area contributed by atoms with E-state index >= 15 is 0 Å². The van der Waals surface area contributed by atoms with Gasteiger partial charge in [-0.25, -0.2) is 9.78 Å². The molecular formula is C11H13N3O2. The average molecular weight is 219 g/mol. The Morgan fingerprint density at radius 1 is 1.56 bits per heavy atom. The van der Waals surface area contributed by atoms with E-state index in [4.69, 9.17) is 10.4 Å². The molecule has 16 heavy (non-hydrogen) atoms. The minimum Gasteiger partial charge on any atom is -0.480 e. The van der Waals surface area contributed by atoms with Crippen LogP contribution < -0.4 is 5.32 Å². The molecule has 1 heterocycles. The van der Waals surface area contributed by atoms with Crippen LogP contribution in [-0.4, -0.2) is 22.1 Å². The van der Waals surface area contributed by atoms with E-state index in [1.807, 2.05) is 19.9 Å². The van der Waals surface area contributed by atoms with E-state index in [2.05, 4.69) is 10.3 Å². The summed E-state index contributed by atoms with van der Waals surface area (Å²) in [6, 6.07) is 4.43. The Morgan fingerprint density at radius 3 is 2.62 bits per heavy atom. The Hall–Kier alpha value is -2.09. The third-order valence-corrected chi connectivity index (χ3v) is 2.13. The molecule has 5 nitrogen and oxygen atoms in total. The zero-order valence-electron chi connectivity index (χ0n) is 9.14. The van der Waals surface area contributed by atoms with Gasteiger partial charge in [0, 0.05) is 0 Å². The molecule has 1 unspecified atom stereocenters. The maximum Gasteiger partial charge on any atom is 0.326 e. The maximum atomic E-state index is 10.9. The summed E-state index contributed by atoms with van der Waals surface area (Å²) in [5, 5.41) is 20.4. The van der Waals surface area contributed by atoms with Crippen molar-refractivity contribution in [1.29, 1.82) is 5.26 Å². The lowest BCUT2D eigenvalue weighted by Gasteiger charge is -2.18. The van der Waals surface area contributed by atoms with Crippen LogP contribution in [0, 0.1) is 17.2 Å². The second kappa shape index (κ2) is 5.12. The van der Waals surface area contributed by atoms with E-state index in [1.165, 1.54) is 6.20 Å². The van der Waals surface area contributed by atoms with Crippen LogP contribution in [0.3, 0.4) is 0 Å². The summed E-state index contributed by atoms with van der Waals surface area (Å²) in [4.78, 5) is 14.8. The van der Waals surface area contributed by atoms with E-state index in [9.17, 15) is 4.79 Å². The van der Waals surface area contributed by atoms with E-state index < -0.39 is 12.0 Å². The molecule has 1 rings (SSSR count). The van der Waals surface area contributed by atoms with Gasteiger partial charge in [0.05, 0.1) is 11.9 Å². The molecule has 0 aliphatic rings. The van der Waals surface area contributed by atoms with Crippen LogP contribution >= 0.6 is 0 Å². The zero-order valence-corrected chi connectivity index (χ0v) is 9.14. The summed E-state index contributed by atoms with van der Waals surface area (Å²) in [6.07, 6.45) is 1.46. The standard InChI is InChI=1S/C11H13N3O2/c1-7(2)10(11(15)16)14-9-4-3-8(5-12)13-6-9/h3-4,6-7,10,14H,1-2H3,(H,15,16). The first-order valence-electron chi connectivity index (χ1n) is 4.90. The van der Waals surface area contributed by atoms with Crippen LogP contribution in [0.4, 0.5) is 5.69 Å². The highest BCUT2D eigenvalue weighted by Crippen LogP contribution is 2.12. The molecule has 0 saturated carbocycles. The third kappa shape index (κ3) is 2.95. The highest BCUT2D eigenvalue weighted by atomic mass is 16.4. The van der Waals surface area contributed by atoms with Crippen molar-refractivity contribution in [2.24, 2.45) is 5.92 Å². The molecule has 84 valence electrons. The fourth-order valence-electron chi connectivity index (χ4n) is 1.24.